The Hall–Kier alpha value is -1.33. The summed E-state index contributed by atoms with van der Waals surface area (Å²) >= 11 is 0. The molecule has 2 aliphatic carbocycles. The van der Waals surface area contributed by atoms with Gasteiger partial charge in [-0.1, -0.05) is 45.4 Å². The largest absolute Gasteiger partial charge is 0.432 e. The Labute approximate surface area is 182 Å². The Morgan fingerprint density at radius 3 is 2.03 bits per heavy atom. The molecule has 1 aromatic rings. The molecule has 2 fully saturated rings. The van der Waals surface area contributed by atoms with Gasteiger partial charge in [0.2, 0.25) is 0 Å². The summed E-state index contributed by atoms with van der Waals surface area (Å²) in [5, 5.41) is 0. The van der Waals surface area contributed by atoms with E-state index in [2.05, 4.69) is 6.92 Å². The minimum Gasteiger partial charge on any atom is -0.432 e. The van der Waals surface area contributed by atoms with Gasteiger partial charge in [-0.25, -0.2) is 13.2 Å². The van der Waals surface area contributed by atoms with E-state index in [0.29, 0.717) is 30.7 Å². The first kappa shape index (κ1) is 24.3. The lowest BCUT2D eigenvalue weighted by Crippen LogP contribution is -2.38. The van der Waals surface area contributed by atoms with E-state index >= 15 is 0 Å². The third-order valence-corrected chi connectivity index (χ3v) is 7.63. The van der Waals surface area contributed by atoms with Crippen molar-refractivity contribution in [2.24, 2.45) is 23.7 Å². The second kappa shape index (κ2) is 10.5. The molecule has 0 unspecified atom stereocenters. The zero-order chi connectivity index (χ0) is 22.6. The van der Waals surface area contributed by atoms with Crippen LogP contribution < -0.4 is 4.74 Å². The zero-order valence-corrected chi connectivity index (χ0v) is 18.7. The average molecular weight is 447 g/mol. The van der Waals surface area contributed by atoms with Gasteiger partial charge in [-0.3, -0.25) is 0 Å². The highest BCUT2D eigenvalue weighted by Crippen LogP contribution is 2.46. The fourth-order valence-electron chi connectivity index (χ4n) is 5.56. The van der Waals surface area contributed by atoms with Crippen molar-refractivity contribution >= 4 is 0 Å². The van der Waals surface area contributed by atoms with Crippen molar-refractivity contribution in [1.29, 1.82) is 0 Å². The molecule has 0 bridgehead atoms. The summed E-state index contributed by atoms with van der Waals surface area (Å²) < 4.78 is 74.7. The van der Waals surface area contributed by atoms with E-state index in [9.17, 15) is 22.0 Å². The second-order valence-electron chi connectivity index (χ2n) is 9.66. The molecule has 0 N–H and O–H groups in total. The normalized spacial score (nSPS) is 27.3. The van der Waals surface area contributed by atoms with Crippen molar-refractivity contribution in [2.75, 3.05) is 0 Å². The first-order valence-corrected chi connectivity index (χ1v) is 11.9. The summed E-state index contributed by atoms with van der Waals surface area (Å²) in [5.41, 5.74) is -0.442. The van der Waals surface area contributed by atoms with Crippen LogP contribution in [0.3, 0.4) is 0 Å². The SMILES string of the molecule is CCCCCC1CCC(C2CCC(C(F)(F)Oc3cc(F)c(F)c(F)c3C)CC2)CC1. The Morgan fingerprint density at radius 1 is 0.871 bits per heavy atom. The summed E-state index contributed by atoms with van der Waals surface area (Å²) in [6, 6.07) is 0.506. The molecule has 6 heteroatoms. The zero-order valence-electron chi connectivity index (χ0n) is 18.7. The van der Waals surface area contributed by atoms with E-state index in [1.807, 2.05) is 0 Å². The summed E-state index contributed by atoms with van der Waals surface area (Å²) in [6.07, 6.45) is 8.70. The molecule has 1 aromatic carbocycles. The summed E-state index contributed by atoms with van der Waals surface area (Å²) in [7, 11) is 0. The van der Waals surface area contributed by atoms with Crippen LogP contribution in [0.25, 0.3) is 0 Å². The Bertz CT molecular complexity index is 719. The molecular weight excluding hydrogens is 411 g/mol. The summed E-state index contributed by atoms with van der Waals surface area (Å²) in [4.78, 5) is 0. The molecule has 31 heavy (non-hydrogen) atoms. The maximum atomic E-state index is 14.7. The molecule has 0 heterocycles. The molecule has 0 saturated heterocycles. The smallest absolute Gasteiger partial charge is 0.400 e. The number of unbranched alkanes of at least 4 members (excludes halogenated alkanes) is 2. The Morgan fingerprint density at radius 2 is 1.45 bits per heavy atom. The van der Waals surface area contributed by atoms with Crippen LogP contribution in [0, 0.1) is 48.0 Å². The lowest BCUT2D eigenvalue weighted by Gasteiger charge is -2.39. The van der Waals surface area contributed by atoms with Crippen LogP contribution in [0.4, 0.5) is 22.0 Å². The lowest BCUT2D eigenvalue weighted by molar-refractivity contribution is -0.224. The second-order valence-corrected chi connectivity index (χ2v) is 9.66. The van der Waals surface area contributed by atoms with Crippen LogP contribution in [-0.2, 0) is 0 Å². The van der Waals surface area contributed by atoms with E-state index in [0.717, 1.165) is 25.7 Å². The minimum atomic E-state index is -3.54. The predicted octanol–water partition coefficient (Wildman–Crippen LogP) is 8.58. The van der Waals surface area contributed by atoms with Gasteiger partial charge in [0.05, 0.1) is 5.92 Å². The van der Waals surface area contributed by atoms with E-state index in [4.69, 9.17) is 4.74 Å². The number of hydrogen-bond donors (Lipinski definition) is 0. The van der Waals surface area contributed by atoms with Gasteiger partial charge in [-0.15, -0.1) is 0 Å². The van der Waals surface area contributed by atoms with Crippen molar-refractivity contribution < 1.29 is 26.7 Å². The van der Waals surface area contributed by atoms with Crippen LogP contribution in [0.2, 0.25) is 0 Å². The molecule has 2 saturated carbocycles. The standard InChI is InChI=1S/C25H35F5O/c1-3-4-5-6-17-7-9-18(10-8-17)19-11-13-20(14-12-19)25(29,30)31-22-15-21(26)24(28)23(27)16(22)2/h15,17-20H,3-14H2,1-2H3. The number of rotatable bonds is 8. The van der Waals surface area contributed by atoms with Gasteiger partial charge in [0.15, 0.2) is 17.5 Å². The van der Waals surface area contributed by atoms with Gasteiger partial charge in [0, 0.05) is 11.6 Å². The van der Waals surface area contributed by atoms with Crippen molar-refractivity contribution in [2.45, 2.75) is 97.0 Å². The quantitative estimate of drug-likeness (QED) is 0.221. The number of benzene rings is 1. The Balaban J connectivity index is 1.50. The van der Waals surface area contributed by atoms with E-state index < -0.39 is 40.8 Å². The third-order valence-electron chi connectivity index (χ3n) is 7.63. The Kier molecular flexibility index (Phi) is 8.25. The van der Waals surface area contributed by atoms with E-state index in [-0.39, 0.29) is 0 Å². The minimum absolute atomic E-state index is 0.333. The monoisotopic (exact) mass is 446 g/mol. The fourth-order valence-corrected chi connectivity index (χ4v) is 5.56. The molecule has 1 nitrogen and oxygen atoms in total. The van der Waals surface area contributed by atoms with Gasteiger partial charge in [0.25, 0.3) is 0 Å². The molecule has 0 aromatic heterocycles. The van der Waals surface area contributed by atoms with Crippen LogP contribution in [0.1, 0.15) is 89.5 Å². The summed E-state index contributed by atoms with van der Waals surface area (Å²) in [5.74, 6) is -4.38. The van der Waals surface area contributed by atoms with Crippen LogP contribution in [-0.4, -0.2) is 6.11 Å². The highest BCUT2D eigenvalue weighted by Gasteiger charge is 2.45. The van der Waals surface area contributed by atoms with E-state index in [1.165, 1.54) is 51.4 Å². The maximum Gasteiger partial charge on any atom is 0.400 e. The molecule has 0 spiro atoms. The molecule has 0 amide bonds. The topological polar surface area (TPSA) is 9.23 Å². The van der Waals surface area contributed by atoms with Crippen LogP contribution in [0.15, 0.2) is 6.07 Å². The predicted molar refractivity (Wildman–Crippen MR) is 112 cm³/mol. The molecule has 176 valence electrons. The van der Waals surface area contributed by atoms with Crippen molar-refractivity contribution in [3.8, 4) is 5.75 Å². The number of halogens is 5. The molecule has 3 rings (SSSR count). The molecular formula is C25H35F5O. The van der Waals surface area contributed by atoms with Gasteiger partial charge in [-0.2, -0.15) is 8.78 Å². The van der Waals surface area contributed by atoms with Crippen molar-refractivity contribution in [3.63, 3.8) is 0 Å². The number of ether oxygens (including phenoxy) is 1. The number of alkyl halides is 2. The molecule has 2 aliphatic rings. The fraction of sp³-hybridized carbons (Fsp3) is 0.760. The molecule has 0 aliphatic heterocycles. The van der Waals surface area contributed by atoms with Crippen LogP contribution in [0.5, 0.6) is 5.75 Å². The van der Waals surface area contributed by atoms with Gasteiger partial charge >= 0.3 is 6.11 Å². The first-order valence-electron chi connectivity index (χ1n) is 11.9. The van der Waals surface area contributed by atoms with Gasteiger partial charge < -0.3 is 4.74 Å². The molecule has 0 radical (unpaired) electrons. The van der Waals surface area contributed by atoms with E-state index in [1.54, 1.807) is 0 Å². The lowest BCUT2D eigenvalue weighted by atomic mass is 9.68. The van der Waals surface area contributed by atoms with Gasteiger partial charge in [-0.05, 0) is 63.2 Å². The third kappa shape index (κ3) is 5.92. The molecule has 0 atom stereocenters. The average Bonchev–Trinajstić information content (AvgIpc) is 2.76. The highest BCUT2D eigenvalue weighted by molar-refractivity contribution is 5.35. The van der Waals surface area contributed by atoms with Crippen LogP contribution >= 0.6 is 0 Å². The number of hydrogen-bond acceptors (Lipinski definition) is 1. The summed E-state index contributed by atoms with van der Waals surface area (Å²) in [6.45, 7) is 3.33. The van der Waals surface area contributed by atoms with Crippen molar-refractivity contribution in [1.82, 2.24) is 0 Å². The highest BCUT2D eigenvalue weighted by atomic mass is 19.3. The first-order chi connectivity index (χ1) is 14.7. The van der Waals surface area contributed by atoms with Gasteiger partial charge in [0.1, 0.15) is 5.75 Å². The maximum absolute atomic E-state index is 14.7. The van der Waals surface area contributed by atoms with Crippen molar-refractivity contribution in [3.05, 3.63) is 29.1 Å².